The molecule has 0 heterocycles. The monoisotopic (exact) mass is 997 g/mol. The Morgan fingerprint density at radius 1 is 0.457 bits per heavy atom. The van der Waals surface area contributed by atoms with E-state index >= 15 is 0 Å². The van der Waals surface area contributed by atoms with E-state index in [9.17, 15) is 19.0 Å². The second kappa shape index (κ2) is 50.6. The number of hydrogen-bond donors (Lipinski definition) is 1. The highest BCUT2D eigenvalue weighted by atomic mass is 31.2. The molecule has 0 bridgehead atoms. The van der Waals surface area contributed by atoms with Gasteiger partial charge >= 0.3 is 19.8 Å². The molecule has 0 fully saturated rings. The van der Waals surface area contributed by atoms with Crippen LogP contribution in [-0.2, 0) is 32.7 Å². The van der Waals surface area contributed by atoms with E-state index in [1.807, 2.05) is 21.1 Å². The molecule has 0 saturated carbocycles. The lowest BCUT2D eigenvalue weighted by atomic mass is 10.1. The van der Waals surface area contributed by atoms with Crippen molar-refractivity contribution in [2.45, 2.75) is 213 Å². The predicted octanol–water partition coefficient (Wildman–Crippen LogP) is 17.0. The van der Waals surface area contributed by atoms with E-state index in [1.165, 1.54) is 64.2 Å². The van der Waals surface area contributed by atoms with Gasteiger partial charge in [0.1, 0.15) is 19.8 Å². The minimum absolute atomic E-state index is 0.0215. The third-order valence-corrected chi connectivity index (χ3v) is 12.3. The van der Waals surface area contributed by atoms with Gasteiger partial charge < -0.3 is 18.9 Å². The second-order valence-electron chi connectivity index (χ2n) is 19.2. The molecule has 70 heavy (non-hydrogen) atoms. The average Bonchev–Trinajstić information content (AvgIpc) is 3.32. The maximum atomic E-state index is 12.8. The van der Waals surface area contributed by atoms with Crippen LogP contribution in [-0.4, -0.2) is 74.9 Å². The van der Waals surface area contributed by atoms with E-state index in [1.54, 1.807) is 0 Å². The zero-order valence-corrected chi connectivity index (χ0v) is 46.1. The van der Waals surface area contributed by atoms with Crippen LogP contribution >= 0.6 is 7.82 Å². The largest absolute Gasteiger partial charge is 0.472 e. The first-order valence-corrected chi connectivity index (χ1v) is 29.1. The minimum atomic E-state index is -4.40. The summed E-state index contributed by atoms with van der Waals surface area (Å²) in [5.41, 5.74) is 0. The summed E-state index contributed by atoms with van der Waals surface area (Å²) >= 11 is 0. The SMILES string of the molecule is CC/C=C\C/C=C\C/C=C\C/C=C\C/C=C\C/C=C\CCCCCCCCCCC(=O)OC(COC(=O)CCCCCCCC/C=C\C/C=C\C/C=C\CCCCC)COP(=O)(O)OCC[N+](C)(C)C. The van der Waals surface area contributed by atoms with Gasteiger partial charge in [-0.3, -0.25) is 18.6 Å². The van der Waals surface area contributed by atoms with Crippen LogP contribution in [0.3, 0.4) is 0 Å². The van der Waals surface area contributed by atoms with Crippen molar-refractivity contribution in [3.8, 4) is 0 Å². The minimum Gasteiger partial charge on any atom is -0.462 e. The van der Waals surface area contributed by atoms with Crippen LogP contribution in [0.4, 0.5) is 0 Å². The van der Waals surface area contributed by atoms with Crippen LogP contribution in [0.5, 0.6) is 0 Å². The first-order chi connectivity index (χ1) is 34.0. The molecule has 0 aromatic carbocycles. The fourth-order valence-corrected chi connectivity index (χ4v) is 7.77. The van der Waals surface area contributed by atoms with Crippen LogP contribution in [0.1, 0.15) is 206 Å². The Balaban J connectivity index is 4.27. The number of phosphoric ester groups is 1. The number of quaternary nitrogens is 1. The Kier molecular flexibility index (Phi) is 48.2. The van der Waals surface area contributed by atoms with Crippen molar-refractivity contribution < 1.29 is 42.1 Å². The van der Waals surface area contributed by atoms with Gasteiger partial charge in [0.25, 0.3) is 0 Å². The summed E-state index contributed by atoms with van der Waals surface area (Å²) < 4.78 is 34.5. The fraction of sp³-hybridized carbons (Fsp3) is 0.667. The van der Waals surface area contributed by atoms with E-state index in [4.69, 9.17) is 18.5 Å². The summed E-state index contributed by atoms with van der Waals surface area (Å²) in [6.45, 7) is 4.25. The normalized spacial score (nSPS) is 14.2. The molecule has 0 aliphatic rings. The number of allylic oxidation sites excluding steroid dienone is 18. The van der Waals surface area contributed by atoms with Crippen molar-refractivity contribution in [3.05, 3.63) is 109 Å². The summed E-state index contributed by atoms with van der Waals surface area (Å²) in [5.74, 6) is -0.829. The zero-order valence-electron chi connectivity index (χ0n) is 45.2. The number of carbonyl (C=O) groups excluding carboxylic acids is 2. The molecule has 0 aromatic heterocycles. The Morgan fingerprint density at radius 2 is 0.814 bits per heavy atom. The Labute approximate surface area is 429 Å². The first-order valence-electron chi connectivity index (χ1n) is 27.6. The second-order valence-corrected chi connectivity index (χ2v) is 20.7. The maximum absolute atomic E-state index is 12.8. The summed E-state index contributed by atoms with van der Waals surface area (Å²) in [5, 5.41) is 0. The van der Waals surface area contributed by atoms with Gasteiger partial charge in [-0.25, -0.2) is 4.57 Å². The number of ether oxygens (including phenoxy) is 2. The summed E-state index contributed by atoms with van der Waals surface area (Å²) in [4.78, 5) is 35.6. The number of rotatable bonds is 49. The third kappa shape index (κ3) is 54.0. The van der Waals surface area contributed by atoms with Crippen LogP contribution in [0.15, 0.2) is 109 Å². The quantitative estimate of drug-likeness (QED) is 0.0211. The number of esters is 2. The van der Waals surface area contributed by atoms with Crippen LogP contribution in [0.25, 0.3) is 0 Å². The molecule has 0 amide bonds. The number of likely N-dealkylation sites (N-methyl/N-ethyl adjacent to an activating group) is 1. The highest BCUT2D eigenvalue weighted by molar-refractivity contribution is 7.47. The highest BCUT2D eigenvalue weighted by Gasteiger charge is 2.27. The van der Waals surface area contributed by atoms with Gasteiger partial charge in [0.15, 0.2) is 6.10 Å². The standard InChI is InChI=1S/C60H102NO8P/c1-6-8-10-12-14-16-18-20-22-24-26-27-28-29-30-31-32-33-35-37-39-41-43-45-47-49-51-53-60(63)69-58(57-68-70(64,65)67-55-54-61(3,4)5)56-66-59(62)52-50-48-46-44-42-40-38-36-34-25-23-21-19-17-15-13-11-9-7-2/h8,10,14-17,20-23,26-27,29-30,32-34,36,58H,6-7,9,11-13,18-19,24-25,28,31,35,37-57H2,1-5H3/p+1/b10-8-,16-14-,17-15-,22-20-,23-21-,27-26-,30-29-,33-32-,36-34-. The molecule has 400 valence electrons. The number of carbonyl (C=O) groups is 2. The summed E-state index contributed by atoms with van der Waals surface area (Å²) in [6.07, 6.45) is 70.0. The maximum Gasteiger partial charge on any atom is 0.472 e. The Bertz CT molecular complexity index is 1550. The van der Waals surface area contributed by atoms with Gasteiger partial charge in [-0.05, 0) is 103 Å². The topological polar surface area (TPSA) is 108 Å². The molecule has 1 N–H and O–H groups in total. The molecule has 0 aromatic rings. The molecule has 0 aliphatic carbocycles. The van der Waals surface area contributed by atoms with E-state index < -0.39 is 26.5 Å². The zero-order chi connectivity index (χ0) is 51.3. The molecule has 0 saturated heterocycles. The third-order valence-electron chi connectivity index (χ3n) is 11.3. The lowest BCUT2D eigenvalue weighted by molar-refractivity contribution is -0.870. The van der Waals surface area contributed by atoms with Crippen molar-refractivity contribution in [1.29, 1.82) is 0 Å². The van der Waals surface area contributed by atoms with Gasteiger partial charge in [-0.2, -0.15) is 0 Å². The van der Waals surface area contributed by atoms with Crippen molar-refractivity contribution in [2.75, 3.05) is 47.5 Å². The van der Waals surface area contributed by atoms with E-state index in [0.29, 0.717) is 17.4 Å². The van der Waals surface area contributed by atoms with Crippen molar-refractivity contribution in [2.24, 2.45) is 0 Å². The lowest BCUT2D eigenvalue weighted by Crippen LogP contribution is -2.37. The lowest BCUT2D eigenvalue weighted by Gasteiger charge is -2.24. The van der Waals surface area contributed by atoms with Crippen molar-refractivity contribution in [1.82, 2.24) is 0 Å². The van der Waals surface area contributed by atoms with Crippen LogP contribution in [0, 0.1) is 0 Å². The molecule has 0 aliphatic heterocycles. The molecule has 2 atom stereocenters. The number of hydrogen-bond acceptors (Lipinski definition) is 7. The van der Waals surface area contributed by atoms with Crippen molar-refractivity contribution in [3.63, 3.8) is 0 Å². The van der Waals surface area contributed by atoms with Crippen LogP contribution < -0.4 is 0 Å². The molecule has 0 spiro atoms. The summed E-state index contributed by atoms with van der Waals surface area (Å²) in [6, 6.07) is 0. The number of phosphoric acid groups is 1. The van der Waals surface area contributed by atoms with Gasteiger partial charge in [0.2, 0.25) is 0 Å². The molecular weight excluding hydrogens is 894 g/mol. The molecular formula is C60H103NO8P+. The van der Waals surface area contributed by atoms with E-state index in [-0.39, 0.29) is 32.0 Å². The number of unbranched alkanes of at least 4 members (excludes halogenated alkanes) is 17. The molecule has 10 heteroatoms. The van der Waals surface area contributed by atoms with Gasteiger partial charge in [-0.1, -0.05) is 200 Å². The average molecular weight is 997 g/mol. The molecule has 2 unspecified atom stereocenters. The number of nitrogens with zero attached hydrogens (tertiary/aromatic N) is 1. The van der Waals surface area contributed by atoms with Gasteiger partial charge in [-0.15, -0.1) is 0 Å². The predicted molar refractivity (Wildman–Crippen MR) is 298 cm³/mol. The molecule has 0 rings (SSSR count). The fourth-order valence-electron chi connectivity index (χ4n) is 7.02. The van der Waals surface area contributed by atoms with Crippen molar-refractivity contribution >= 4 is 19.8 Å². The van der Waals surface area contributed by atoms with E-state index in [2.05, 4.69) is 123 Å². The summed E-state index contributed by atoms with van der Waals surface area (Å²) in [7, 11) is 1.45. The van der Waals surface area contributed by atoms with Gasteiger partial charge in [0, 0.05) is 12.8 Å². The Hall–Kier alpha value is -3.33. The smallest absolute Gasteiger partial charge is 0.462 e. The van der Waals surface area contributed by atoms with Gasteiger partial charge in [0.05, 0.1) is 27.7 Å². The molecule has 9 nitrogen and oxygen atoms in total. The first kappa shape index (κ1) is 66.7. The van der Waals surface area contributed by atoms with Crippen LogP contribution in [0.2, 0.25) is 0 Å². The molecule has 0 radical (unpaired) electrons. The highest BCUT2D eigenvalue weighted by Crippen LogP contribution is 2.43. The van der Waals surface area contributed by atoms with E-state index in [0.717, 1.165) is 109 Å². The Morgan fingerprint density at radius 3 is 1.21 bits per heavy atom.